The van der Waals surface area contributed by atoms with Gasteiger partial charge in [-0.05, 0) is 50.6 Å². The van der Waals surface area contributed by atoms with E-state index in [1.165, 1.54) is 39.4 Å². The Morgan fingerprint density at radius 2 is 1.83 bits per heavy atom. The van der Waals surface area contributed by atoms with Crippen molar-refractivity contribution in [1.82, 2.24) is 4.31 Å². The molecule has 0 heterocycles. The van der Waals surface area contributed by atoms with Gasteiger partial charge in [-0.15, -0.1) is 0 Å². The highest BCUT2D eigenvalue weighted by atomic mass is 35.5. The number of halogens is 1. The van der Waals surface area contributed by atoms with E-state index in [9.17, 15) is 13.2 Å². The third-order valence-electron chi connectivity index (χ3n) is 4.05. The molecule has 0 aliphatic heterocycles. The maximum absolute atomic E-state index is 12.7. The van der Waals surface area contributed by atoms with Gasteiger partial charge in [-0.1, -0.05) is 17.7 Å². The fraction of sp³-hybridized carbons (Fsp3) is 0.350. The number of ether oxygens (including phenoxy) is 2. The Hall–Kier alpha value is -2.29. The highest BCUT2D eigenvalue weighted by molar-refractivity contribution is 7.89. The fourth-order valence-electron chi connectivity index (χ4n) is 2.56. The van der Waals surface area contributed by atoms with Crippen molar-refractivity contribution in [1.29, 1.82) is 0 Å². The summed E-state index contributed by atoms with van der Waals surface area (Å²) < 4.78 is 37.0. The van der Waals surface area contributed by atoms with Gasteiger partial charge in [-0.2, -0.15) is 0 Å². The summed E-state index contributed by atoms with van der Waals surface area (Å²) in [4.78, 5) is 12.8. The first-order chi connectivity index (χ1) is 13.5. The molecule has 0 aliphatic rings. The number of nitrogens with zero attached hydrogens (tertiary/aromatic N) is 1. The summed E-state index contributed by atoms with van der Waals surface area (Å²) in [7, 11) is 0.723. The Balaban J connectivity index is 2.37. The zero-order chi connectivity index (χ0) is 21.9. The van der Waals surface area contributed by atoms with Crippen LogP contribution in [-0.2, 0) is 10.0 Å². The van der Waals surface area contributed by atoms with E-state index in [0.29, 0.717) is 22.7 Å². The Bertz CT molecular complexity index is 1020. The number of carbonyl (C=O) groups is 1. The fourth-order valence-corrected chi connectivity index (χ4v) is 3.96. The lowest BCUT2D eigenvalue weighted by atomic mass is 10.1. The molecule has 0 aromatic heterocycles. The second-order valence-corrected chi connectivity index (χ2v) is 9.41. The predicted molar refractivity (Wildman–Crippen MR) is 114 cm³/mol. The highest BCUT2D eigenvalue weighted by Gasteiger charge is 2.21. The van der Waals surface area contributed by atoms with E-state index in [1.54, 1.807) is 19.1 Å². The molecule has 1 amide bonds. The van der Waals surface area contributed by atoms with Gasteiger partial charge in [0.2, 0.25) is 10.0 Å². The topological polar surface area (TPSA) is 84.9 Å². The summed E-state index contributed by atoms with van der Waals surface area (Å²) in [5, 5.41) is 2.94. The second kappa shape index (κ2) is 9.02. The second-order valence-electron chi connectivity index (χ2n) is 6.88. The Labute approximate surface area is 176 Å². The number of rotatable bonds is 7. The van der Waals surface area contributed by atoms with E-state index in [0.717, 1.165) is 4.31 Å². The van der Waals surface area contributed by atoms with Crippen LogP contribution in [0.5, 0.6) is 11.5 Å². The molecule has 0 saturated carbocycles. The first-order valence-electron chi connectivity index (χ1n) is 8.86. The number of benzene rings is 2. The molecule has 2 rings (SSSR count). The lowest BCUT2D eigenvalue weighted by molar-refractivity contribution is 0.102. The van der Waals surface area contributed by atoms with Crippen LogP contribution >= 0.6 is 11.6 Å². The van der Waals surface area contributed by atoms with Gasteiger partial charge in [-0.25, -0.2) is 12.7 Å². The van der Waals surface area contributed by atoms with Gasteiger partial charge in [0.25, 0.3) is 5.91 Å². The molecule has 0 spiro atoms. The van der Waals surface area contributed by atoms with E-state index >= 15 is 0 Å². The van der Waals surface area contributed by atoms with Gasteiger partial charge in [0.1, 0.15) is 0 Å². The van der Waals surface area contributed by atoms with Crippen LogP contribution in [0.25, 0.3) is 0 Å². The number of anilines is 1. The Morgan fingerprint density at radius 3 is 2.38 bits per heavy atom. The number of aryl methyl sites for hydroxylation is 1. The molecular weight excluding hydrogens is 416 g/mol. The lowest BCUT2D eigenvalue weighted by Crippen LogP contribution is -2.23. The molecule has 2 aromatic carbocycles. The zero-order valence-electron chi connectivity index (χ0n) is 17.2. The standard InChI is InChI=1S/C20H25ClN2O5S/c1-12(2)28-19-16(21)9-14(10-17(19)27-6)20(24)22-15-8-7-13(3)18(11-15)29(25,26)23(4)5/h7-12H,1-6H3,(H,22,24). The van der Waals surface area contributed by atoms with Crippen LogP contribution in [0.15, 0.2) is 35.2 Å². The monoisotopic (exact) mass is 440 g/mol. The Kier molecular flexibility index (Phi) is 7.15. The molecule has 158 valence electrons. The van der Waals surface area contributed by atoms with E-state index in [-0.39, 0.29) is 21.6 Å². The van der Waals surface area contributed by atoms with Gasteiger partial charge in [0, 0.05) is 25.3 Å². The molecule has 0 fully saturated rings. The Morgan fingerprint density at radius 1 is 1.17 bits per heavy atom. The summed E-state index contributed by atoms with van der Waals surface area (Å²) in [6.45, 7) is 5.40. The summed E-state index contributed by atoms with van der Waals surface area (Å²) in [5.74, 6) is 0.227. The van der Waals surface area contributed by atoms with Crippen molar-refractivity contribution in [3.63, 3.8) is 0 Å². The molecule has 1 N–H and O–H groups in total. The maximum Gasteiger partial charge on any atom is 0.255 e. The van der Waals surface area contributed by atoms with Crippen LogP contribution < -0.4 is 14.8 Å². The predicted octanol–water partition coefficient (Wildman–Crippen LogP) is 3.95. The van der Waals surface area contributed by atoms with Crippen molar-refractivity contribution in [3.8, 4) is 11.5 Å². The van der Waals surface area contributed by atoms with Crippen molar-refractivity contribution in [3.05, 3.63) is 46.5 Å². The summed E-state index contributed by atoms with van der Waals surface area (Å²) in [6.07, 6.45) is -0.120. The van der Waals surface area contributed by atoms with Crippen LogP contribution in [-0.4, -0.2) is 45.9 Å². The van der Waals surface area contributed by atoms with Crippen molar-refractivity contribution in [2.75, 3.05) is 26.5 Å². The molecular formula is C20H25ClN2O5S. The number of methoxy groups -OCH3 is 1. The molecule has 0 saturated heterocycles. The minimum absolute atomic E-state index is 0.120. The summed E-state index contributed by atoms with van der Waals surface area (Å²) in [5.41, 5.74) is 1.18. The van der Waals surface area contributed by atoms with Crippen molar-refractivity contribution >= 4 is 33.2 Å². The highest BCUT2D eigenvalue weighted by Crippen LogP contribution is 2.37. The molecule has 0 bridgehead atoms. The molecule has 9 heteroatoms. The molecule has 0 atom stereocenters. The number of hydrogen-bond acceptors (Lipinski definition) is 5. The van der Waals surface area contributed by atoms with Crippen LogP contribution in [0.2, 0.25) is 5.02 Å². The van der Waals surface area contributed by atoms with Crippen molar-refractivity contribution < 1.29 is 22.7 Å². The van der Waals surface area contributed by atoms with Gasteiger partial charge in [-0.3, -0.25) is 4.79 Å². The van der Waals surface area contributed by atoms with E-state index in [2.05, 4.69) is 5.32 Å². The average molecular weight is 441 g/mol. The summed E-state index contributed by atoms with van der Waals surface area (Å²) in [6, 6.07) is 7.70. The molecule has 7 nitrogen and oxygen atoms in total. The largest absolute Gasteiger partial charge is 0.493 e. The number of carbonyl (C=O) groups excluding carboxylic acids is 1. The van der Waals surface area contributed by atoms with Crippen LogP contribution in [0, 0.1) is 6.92 Å². The van der Waals surface area contributed by atoms with E-state index in [1.807, 2.05) is 13.8 Å². The quantitative estimate of drug-likeness (QED) is 0.704. The number of sulfonamides is 1. The third kappa shape index (κ3) is 5.20. The third-order valence-corrected chi connectivity index (χ3v) is 6.29. The average Bonchev–Trinajstić information content (AvgIpc) is 2.64. The van der Waals surface area contributed by atoms with Gasteiger partial charge in [0.05, 0.1) is 23.1 Å². The zero-order valence-corrected chi connectivity index (χ0v) is 18.8. The minimum Gasteiger partial charge on any atom is -0.493 e. The lowest BCUT2D eigenvalue weighted by Gasteiger charge is -2.17. The minimum atomic E-state index is -3.64. The first-order valence-corrected chi connectivity index (χ1v) is 10.7. The van der Waals surface area contributed by atoms with Crippen LogP contribution in [0.1, 0.15) is 29.8 Å². The molecule has 0 radical (unpaired) electrons. The van der Waals surface area contributed by atoms with E-state index in [4.69, 9.17) is 21.1 Å². The number of hydrogen-bond donors (Lipinski definition) is 1. The number of nitrogens with one attached hydrogen (secondary N) is 1. The SMILES string of the molecule is COc1cc(C(=O)Nc2ccc(C)c(S(=O)(=O)N(C)C)c2)cc(Cl)c1OC(C)C. The normalized spacial score (nSPS) is 11.6. The molecule has 2 aromatic rings. The van der Waals surface area contributed by atoms with Crippen LogP contribution in [0.4, 0.5) is 5.69 Å². The maximum atomic E-state index is 12.7. The number of amides is 1. The van der Waals surface area contributed by atoms with E-state index < -0.39 is 15.9 Å². The smallest absolute Gasteiger partial charge is 0.255 e. The molecule has 0 unspecified atom stereocenters. The van der Waals surface area contributed by atoms with Crippen LogP contribution in [0.3, 0.4) is 0 Å². The first kappa shape index (κ1) is 23.0. The molecule has 0 aliphatic carbocycles. The van der Waals surface area contributed by atoms with Crippen molar-refractivity contribution in [2.24, 2.45) is 0 Å². The van der Waals surface area contributed by atoms with Crippen molar-refractivity contribution in [2.45, 2.75) is 31.8 Å². The van der Waals surface area contributed by atoms with Gasteiger partial charge >= 0.3 is 0 Å². The summed E-state index contributed by atoms with van der Waals surface area (Å²) >= 11 is 6.28. The van der Waals surface area contributed by atoms with Gasteiger partial charge < -0.3 is 14.8 Å². The molecule has 29 heavy (non-hydrogen) atoms. The van der Waals surface area contributed by atoms with Gasteiger partial charge in [0.15, 0.2) is 11.5 Å².